The number of rotatable bonds is 8. The minimum Gasteiger partial charge on any atom is -0.382 e. The number of carbonyl (C=O) groups excluding carboxylic acids is 2. The molecule has 1 saturated heterocycles. The minimum absolute atomic E-state index is 0.118. The third-order valence-corrected chi connectivity index (χ3v) is 4.55. The zero-order chi connectivity index (χ0) is 19.6. The van der Waals surface area contributed by atoms with Crippen LogP contribution in [0.4, 0.5) is 16.2 Å². The van der Waals surface area contributed by atoms with Crippen LogP contribution in [0.1, 0.15) is 43.0 Å². The molecule has 1 aliphatic rings. The maximum absolute atomic E-state index is 12.8. The lowest BCUT2D eigenvalue weighted by Crippen LogP contribution is -2.33. The average molecular weight is 377 g/mol. The number of anilines is 2. The van der Waals surface area contributed by atoms with Crippen LogP contribution in [-0.4, -0.2) is 63.8 Å². The fraction of sp³-hybridized carbons (Fsp3) is 0.600. The minimum atomic E-state index is -0.219. The second-order valence-electron chi connectivity index (χ2n) is 6.91. The van der Waals surface area contributed by atoms with Crippen LogP contribution in [0, 0.1) is 0 Å². The summed E-state index contributed by atoms with van der Waals surface area (Å²) in [5, 5.41) is 5.79. The van der Waals surface area contributed by atoms with E-state index in [1.54, 1.807) is 20.2 Å². The Morgan fingerprint density at radius 2 is 1.93 bits per heavy atom. The third-order valence-electron chi connectivity index (χ3n) is 4.55. The van der Waals surface area contributed by atoms with Crippen molar-refractivity contribution in [3.8, 4) is 0 Å². The van der Waals surface area contributed by atoms with Crippen LogP contribution >= 0.6 is 0 Å². The molecule has 0 aromatic heterocycles. The molecule has 0 bridgehead atoms. The van der Waals surface area contributed by atoms with E-state index in [0.717, 1.165) is 38.0 Å². The molecule has 3 amide bonds. The van der Waals surface area contributed by atoms with Crippen LogP contribution in [-0.2, 0) is 4.74 Å². The van der Waals surface area contributed by atoms with Gasteiger partial charge in [0.1, 0.15) is 0 Å². The number of nitrogens with zero attached hydrogens (tertiary/aromatic N) is 2. The van der Waals surface area contributed by atoms with E-state index in [2.05, 4.69) is 15.5 Å². The Kier molecular flexibility index (Phi) is 8.39. The summed E-state index contributed by atoms with van der Waals surface area (Å²) in [5.41, 5.74) is 2.15. The molecule has 1 aliphatic heterocycles. The summed E-state index contributed by atoms with van der Waals surface area (Å²) in [4.78, 5) is 28.5. The van der Waals surface area contributed by atoms with E-state index >= 15 is 0 Å². The normalized spacial score (nSPS) is 14.0. The number of hydrogen-bond donors (Lipinski definition) is 2. The first-order chi connectivity index (χ1) is 13.0. The van der Waals surface area contributed by atoms with Gasteiger partial charge in [0.25, 0.3) is 5.91 Å². The quantitative estimate of drug-likeness (QED) is 0.684. The summed E-state index contributed by atoms with van der Waals surface area (Å²) in [6.07, 6.45) is 4.27. The topological polar surface area (TPSA) is 73.9 Å². The molecule has 0 spiro atoms. The number of hydrogen-bond acceptors (Lipinski definition) is 4. The summed E-state index contributed by atoms with van der Waals surface area (Å²) in [5.74, 6) is -0.118. The maximum atomic E-state index is 12.8. The number of ether oxygens (including phenoxy) is 1. The van der Waals surface area contributed by atoms with Crippen molar-refractivity contribution in [3.63, 3.8) is 0 Å². The zero-order valence-corrected chi connectivity index (χ0v) is 16.7. The highest BCUT2D eigenvalue weighted by molar-refractivity contribution is 6.02. The molecule has 0 saturated carbocycles. The first-order valence-corrected chi connectivity index (χ1v) is 9.76. The highest BCUT2D eigenvalue weighted by Crippen LogP contribution is 2.27. The van der Waals surface area contributed by atoms with Crippen molar-refractivity contribution < 1.29 is 14.3 Å². The van der Waals surface area contributed by atoms with Gasteiger partial charge >= 0.3 is 6.03 Å². The second-order valence-corrected chi connectivity index (χ2v) is 6.91. The van der Waals surface area contributed by atoms with E-state index in [1.807, 2.05) is 19.1 Å². The smallest absolute Gasteiger partial charge is 0.321 e. The molecule has 1 heterocycles. The van der Waals surface area contributed by atoms with Gasteiger partial charge < -0.3 is 25.2 Å². The van der Waals surface area contributed by atoms with Crippen molar-refractivity contribution in [3.05, 3.63) is 23.8 Å². The van der Waals surface area contributed by atoms with E-state index in [0.29, 0.717) is 31.0 Å². The molecule has 7 heteroatoms. The summed E-state index contributed by atoms with van der Waals surface area (Å²) >= 11 is 0. The number of benzene rings is 1. The van der Waals surface area contributed by atoms with Gasteiger partial charge in [-0.1, -0.05) is 0 Å². The second kappa shape index (κ2) is 10.8. The van der Waals surface area contributed by atoms with Crippen LogP contribution in [0.15, 0.2) is 18.2 Å². The largest absolute Gasteiger partial charge is 0.382 e. The maximum Gasteiger partial charge on any atom is 0.321 e. The van der Waals surface area contributed by atoms with E-state index < -0.39 is 0 Å². The molecule has 1 fully saturated rings. The van der Waals surface area contributed by atoms with Gasteiger partial charge in [-0.2, -0.15) is 0 Å². The average Bonchev–Trinajstić information content (AvgIpc) is 2.68. The van der Waals surface area contributed by atoms with Gasteiger partial charge in [-0.3, -0.25) is 4.79 Å². The molecule has 1 aromatic carbocycles. The van der Waals surface area contributed by atoms with Crippen molar-refractivity contribution in [1.82, 2.24) is 10.2 Å². The first-order valence-electron chi connectivity index (χ1n) is 9.76. The highest BCUT2D eigenvalue weighted by atomic mass is 16.5. The van der Waals surface area contributed by atoms with E-state index in [-0.39, 0.29) is 11.9 Å². The number of carbonyl (C=O) groups is 2. The van der Waals surface area contributed by atoms with Gasteiger partial charge in [0.15, 0.2) is 0 Å². The van der Waals surface area contributed by atoms with Crippen molar-refractivity contribution in [2.75, 3.05) is 57.2 Å². The lowest BCUT2D eigenvalue weighted by atomic mass is 10.1. The fourth-order valence-corrected chi connectivity index (χ4v) is 3.06. The summed E-state index contributed by atoms with van der Waals surface area (Å²) in [6, 6.07) is 5.34. The van der Waals surface area contributed by atoms with Crippen LogP contribution in [0.25, 0.3) is 0 Å². The molecule has 7 nitrogen and oxygen atoms in total. The van der Waals surface area contributed by atoms with Crippen LogP contribution in [0.3, 0.4) is 0 Å². The van der Waals surface area contributed by atoms with Gasteiger partial charge in [-0.05, 0) is 50.8 Å². The molecule has 0 radical (unpaired) electrons. The molecule has 0 aliphatic carbocycles. The van der Waals surface area contributed by atoms with Gasteiger partial charge in [0.05, 0.1) is 5.56 Å². The molecule has 150 valence electrons. The number of nitrogens with one attached hydrogen (secondary N) is 2. The van der Waals surface area contributed by atoms with Gasteiger partial charge in [-0.25, -0.2) is 4.79 Å². The summed E-state index contributed by atoms with van der Waals surface area (Å²) in [6.45, 7) is 5.74. The molecule has 2 N–H and O–H groups in total. The molecule has 0 unspecified atom stereocenters. The van der Waals surface area contributed by atoms with Crippen molar-refractivity contribution in [1.29, 1.82) is 0 Å². The van der Waals surface area contributed by atoms with E-state index in [1.165, 1.54) is 11.3 Å². The molecular formula is C20H32N4O3. The van der Waals surface area contributed by atoms with Crippen LogP contribution in [0.2, 0.25) is 0 Å². The van der Waals surface area contributed by atoms with Gasteiger partial charge in [0.2, 0.25) is 0 Å². The predicted octanol–water partition coefficient (Wildman–Crippen LogP) is 2.93. The van der Waals surface area contributed by atoms with Crippen molar-refractivity contribution in [2.24, 2.45) is 0 Å². The van der Waals surface area contributed by atoms with E-state index in [9.17, 15) is 9.59 Å². The SMILES string of the molecule is CCOCCCNC(=O)c1cc(NC(=O)N(C)C)ccc1N1CCCCC1. The van der Waals surface area contributed by atoms with Gasteiger partial charge in [0, 0.05) is 58.3 Å². The third kappa shape index (κ3) is 6.43. The predicted molar refractivity (Wildman–Crippen MR) is 109 cm³/mol. The van der Waals surface area contributed by atoms with Gasteiger partial charge in [-0.15, -0.1) is 0 Å². The molecular weight excluding hydrogens is 344 g/mol. The Hall–Kier alpha value is -2.28. The Bertz CT molecular complexity index is 628. The lowest BCUT2D eigenvalue weighted by molar-refractivity contribution is 0.0944. The highest BCUT2D eigenvalue weighted by Gasteiger charge is 2.19. The molecule has 1 aromatic rings. The fourth-order valence-electron chi connectivity index (χ4n) is 3.06. The van der Waals surface area contributed by atoms with Crippen LogP contribution in [0.5, 0.6) is 0 Å². The molecule has 27 heavy (non-hydrogen) atoms. The zero-order valence-electron chi connectivity index (χ0n) is 16.7. The molecule has 2 rings (SSSR count). The van der Waals surface area contributed by atoms with Crippen LogP contribution < -0.4 is 15.5 Å². The van der Waals surface area contributed by atoms with Crippen molar-refractivity contribution >= 4 is 23.3 Å². The number of piperidine rings is 1. The Labute approximate surface area is 162 Å². The molecule has 0 atom stereocenters. The summed E-state index contributed by atoms with van der Waals surface area (Å²) < 4.78 is 5.31. The first kappa shape index (κ1) is 21.0. The van der Waals surface area contributed by atoms with E-state index in [4.69, 9.17) is 4.74 Å². The standard InChI is InChI=1S/C20H32N4O3/c1-4-27-14-8-11-21-19(25)17-15-16(22-20(26)23(2)3)9-10-18(17)24-12-6-5-7-13-24/h9-10,15H,4-8,11-14H2,1-3H3,(H,21,25)(H,22,26). The number of urea groups is 1. The Morgan fingerprint density at radius 1 is 1.19 bits per heavy atom. The summed E-state index contributed by atoms with van der Waals surface area (Å²) in [7, 11) is 3.37. The Balaban J connectivity index is 2.14. The lowest BCUT2D eigenvalue weighted by Gasteiger charge is -2.30. The van der Waals surface area contributed by atoms with Crippen molar-refractivity contribution in [2.45, 2.75) is 32.6 Å². The Morgan fingerprint density at radius 3 is 2.59 bits per heavy atom. The monoisotopic (exact) mass is 376 g/mol. The number of amides is 3.